The Hall–Kier alpha value is -3.70. The summed E-state index contributed by atoms with van der Waals surface area (Å²) in [6.07, 6.45) is 11.5. The summed E-state index contributed by atoms with van der Waals surface area (Å²) in [6.45, 7) is 44.4. The molecule has 0 amide bonds. The minimum absolute atomic E-state index is 0. The number of hydrogen-bond acceptors (Lipinski definition) is 5. The fourth-order valence-corrected chi connectivity index (χ4v) is 8.00. The maximum Gasteiger partial charge on any atom is 0.0463 e. The Labute approximate surface area is 375 Å². The van der Waals surface area contributed by atoms with Gasteiger partial charge in [0.2, 0.25) is 0 Å². The van der Waals surface area contributed by atoms with Crippen molar-refractivity contribution in [2.75, 3.05) is 0 Å². The van der Waals surface area contributed by atoms with Crippen molar-refractivity contribution < 1.29 is 0 Å². The van der Waals surface area contributed by atoms with Gasteiger partial charge >= 0.3 is 0 Å². The molecular formula is C55H88N4S. The normalized spacial score (nSPS) is 11.0. The molecule has 0 saturated heterocycles. The first kappa shape index (κ1) is 56.3. The van der Waals surface area contributed by atoms with Crippen LogP contribution in [0.4, 0.5) is 0 Å². The Bertz CT molecular complexity index is 1510. The molecule has 0 N–H and O–H groups in total. The van der Waals surface area contributed by atoms with Crippen LogP contribution in [0.1, 0.15) is 260 Å². The van der Waals surface area contributed by atoms with Gasteiger partial charge in [-0.3, -0.25) is 19.9 Å². The molecule has 5 aromatic heterocycles. The fourth-order valence-electron chi connectivity index (χ4n) is 6.93. The lowest BCUT2D eigenvalue weighted by atomic mass is 9.93. The van der Waals surface area contributed by atoms with Gasteiger partial charge in [-0.25, -0.2) is 0 Å². The van der Waals surface area contributed by atoms with Gasteiger partial charge in [-0.15, -0.1) is 11.3 Å². The van der Waals surface area contributed by atoms with Crippen molar-refractivity contribution in [3.05, 3.63) is 140 Å². The van der Waals surface area contributed by atoms with Crippen LogP contribution in [-0.4, -0.2) is 19.9 Å². The summed E-state index contributed by atoms with van der Waals surface area (Å²) in [5, 5.41) is 2.20. The molecule has 0 saturated carbocycles. The molecule has 0 fully saturated rings. The largest absolute Gasteiger partial charge is 0.264 e. The molecule has 0 atom stereocenters. The molecule has 0 aromatic carbocycles. The minimum Gasteiger partial charge on any atom is -0.264 e. The van der Waals surface area contributed by atoms with Gasteiger partial charge in [0.1, 0.15) is 0 Å². The second kappa shape index (κ2) is 28.8. The summed E-state index contributed by atoms with van der Waals surface area (Å²) in [7, 11) is 0. The van der Waals surface area contributed by atoms with Gasteiger partial charge < -0.3 is 0 Å². The number of aromatic nitrogens is 4. The zero-order valence-corrected chi connectivity index (χ0v) is 41.9. The summed E-state index contributed by atoms with van der Waals surface area (Å²) in [5.41, 5.74) is 12.4. The van der Waals surface area contributed by atoms with Crippen LogP contribution in [0.2, 0.25) is 0 Å². The second-order valence-corrected chi connectivity index (χ2v) is 19.7. The first-order chi connectivity index (χ1) is 27.6. The SMILES string of the molecule is C.CC(C)c1cccnc1C(C)C.CC(C)c1cccnc1C(C)C.CC(C)c1ccncc1C(C)C.CC(C)c1ccncc1C(C)C.CC(C)c1ccsc1C(C)C. The van der Waals surface area contributed by atoms with Crippen molar-refractivity contribution in [1.29, 1.82) is 0 Å². The number of pyridine rings is 4. The van der Waals surface area contributed by atoms with Gasteiger partial charge in [0, 0.05) is 53.4 Å². The monoisotopic (exact) mass is 837 g/mol. The summed E-state index contributed by atoms with van der Waals surface area (Å²) in [6, 6.07) is 14.9. The lowest BCUT2D eigenvalue weighted by Gasteiger charge is -2.14. The molecule has 5 heteroatoms. The van der Waals surface area contributed by atoms with Gasteiger partial charge in [0.15, 0.2) is 0 Å². The molecule has 60 heavy (non-hydrogen) atoms. The molecule has 0 bridgehead atoms. The standard InChI is InChI=1S/4C11H17N.C10H16S.CH4/c2*1-8(2)10-5-6-12-7-11(10)9(3)4;2*1-8(2)10-6-5-7-12-11(10)9(3)4;1-7(2)9-5-6-11-10(9)8(3)4;/h4*5-9H,1-4H3;5-8H,1-4H3;1H4. The molecule has 5 rings (SSSR count). The molecule has 0 aliphatic rings. The van der Waals surface area contributed by atoms with Gasteiger partial charge in [0.05, 0.1) is 0 Å². The Balaban J connectivity index is 0.000000722. The topological polar surface area (TPSA) is 51.6 Å². The molecular weight excluding hydrogens is 749 g/mol. The Morgan fingerprint density at radius 3 is 0.900 bits per heavy atom. The zero-order chi connectivity index (χ0) is 45.0. The van der Waals surface area contributed by atoms with Crippen LogP contribution < -0.4 is 0 Å². The Morgan fingerprint density at radius 2 is 0.667 bits per heavy atom. The van der Waals surface area contributed by atoms with Gasteiger partial charge in [-0.1, -0.05) is 158 Å². The van der Waals surface area contributed by atoms with E-state index < -0.39 is 0 Å². The molecule has 0 unspecified atom stereocenters. The predicted molar refractivity (Wildman–Crippen MR) is 269 cm³/mol. The van der Waals surface area contributed by atoms with E-state index in [2.05, 4.69) is 194 Å². The highest BCUT2D eigenvalue weighted by Crippen LogP contribution is 2.31. The van der Waals surface area contributed by atoms with E-state index in [0.29, 0.717) is 59.2 Å². The molecule has 0 aliphatic carbocycles. The average Bonchev–Trinajstić information content (AvgIpc) is 3.70. The van der Waals surface area contributed by atoms with Gasteiger partial charge in [-0.2, -0.15) is 0 Å². The maximum absolute atomic E-state index is 4.40. The van der Waals surface area contributed by atoms with E-state index in [9.17, 15) is 0 Å². The molecule has 0 radical (unpaired) electrons. The van der Waals surface area contributed by atoms with E-state index >= 15 is 0 Å². The van der Waals surface area contributed by atoms with E-state index in [-0.39, 0.29) is 7.43 Å². The van der Waals surface area contributed by atoms with E-state index in [0.717, 1.165) is 0 Å². The number of nitrogens with zero attached hydrogens (tertiary/aromatic N) is 4. The average molecular weight is 837 g/mol. The molecule has 0 aliphatic heterocycles. The van der Waals surface area contributed by atoms with Crippen molar-refractivity contribution in [3.8, 4) is 0 Å². The Morgan fingerprint density at radius 1 is 0.333 bits per heavy atom. The van der Waals surface area contributed by atoms with Crippen LogP contribution in [0.3, 0.4) is 0 Å². The van der Waals surface area contributed by atoms with E-state index in [1.165, 1.54) is 50.3 Å². The molecule has 5 aromatic rings. The molecule has 334 valence electrons. The van der Waals surface area contributed by atoms with Crippen molar-refractivity contribution in [1.82, 2.24) is 19.9 Å². The third-order valence-electron chi connectivity index (χ3n) is 10.2. The van der Waals surface area contributed by atoms with Crippen molar-refractivity contribution in [2.45, 2.75) is 205 Å². The first-order valence-electron chi connectivity index (χ1n) is 22.5. The number of thiophene rings is 1. The van der Waals surface area contributed by atoms with Crippen molar-refractivity contribution >= 4 is 11.3 Å². The van der Waals surface area contributed by atoms with Gasteiger partial charge in [-0.05, 0) is 134 Å². The van der Waals surface area contributed by atoms with Crippen molar-refractivity contribution in [2.24, 2.45) is 0 Å². The highest BCUT2D eigenvalue weighted by Gasteiger charge is 2.13. The lowest BCUT2D eigenvalue weighted by molar-refractivity contribution is 0.757. The van der Waals surface area contributed by atoms with Gasteiger partial charge in [0.25, 0.3) is 0 Å². The smallest absolute Gasteiger partial charge is 0.0463 e. The highest BCUT2D eigenvalue weighted by molar-refractivity contribution is 7.10. The third-order valence-corrected chi connectivity index (χ3v) is 11.4. The third kappa shape index (κ3) is 18.9. The van der Waals surface area contributed by atoms with Crippen LogP contribution >= 0.6 is 11.3 Å². The second-order valence-electron chi connectivity index (χ2n) is 18.8. The fraction of sp³-hybridized carbons (Fsp3) is 0.564. The summed E-state index contributed by atoms with van der Waals surface area (Å²) in [4.78, 5) is 18.7. The van der Waals surface area contributed by atoms with Crippen LogP contribution in [0.15, 0.2) is 85.0 Å². The van der Waals surface area contributed by atoms with Crippen LogP contribution in [0, 0.1) is 0 Å². The lowest BCUT2D eigenvalue weighted by Crippen LogP contribution is -2.00. The van der Waals surface area contributed by atoms with Crippen LogP contribution in [0.25, 0.3) is 0 Å². The minimum atomic E-state index is 0. The van der Waals surface area contributed by atoms with Crippen LogP contribution in [-0.2, 0) is 0 Å². The van der Waals surface area contributed by atoms with Crippen LogP contribution in [0.5, 0.6) is 0 Å². The predicted octanol–water partition coefficient (Wildman–Crippen LogP) is 17.9. The van der Waals surface area contributed by atoms with E-state index in [1.807, 2.05) is 60.7 Å². The molecule has 0 spiro atoms. The van der Waals surface area contributed by atoms with E-state index in [1.54, 1.807) is 4.88 Å². The number of hydrogen-bond donors (Lipinski definition) is 0. The maximum atomic E-state index is 4.40. The van der Waals surface area contributed by atoms with Crippen molar-refractivity contribution in [3.63, 3.8) is 0 Å². The highest BCUT2D eigenvalue weighted by atomic mass is 32.1. The quantitative estimate of drug-likeness (QED) is 0.141. The molecule has 5 heterocycles. The molecule has 4 nitrogen and oxygen atoms in total. The Kier molecular flexibility index (Phi) is 27.0. The zero-order valence-electron chi connectivity index (χ0n) is 41.1. The summed E-state index contributed by atoms with van der Waals surface area (Å²) in [5.74, 6) is 5.95. The summed E-state index contributed by atoms with van der Waals surface area (Å²) < 4.78 is 0. The first-order valence-corrected chi connectivity index (χ1v) is 23.4. The van der Waals surface area contributed by atoms with E-state index in [4.69, 9.17) is 0 Å². The summed E-state index contributed by atoms with van der Waals surface area (Å²) >= 11 is 1.89. The number of rotatable bonds is 10.